The Morgan fingerprint density at radius 3 is 2.67 bits per heavy atom. The van der Waals surface area contributed by atoms with Crippen LogP contribution in [0.15, 0.2) is 30.3 Å². The van der Waals surface area contributed by atoms with E-state index < -0.39 is 10.2 Å². The average molecular weight is 312 g/mol. The molecular formula is C14H24N4O2S. The molecule has 0 saturated carbocycles. The fourth-order valence-corrected chi connectivity index (χ4v) is 3.14. The fraction of sp³-hybridized carbons (Fsp3) is 0.571. The van der Waals surface area contributed by atoms with Gasteiger partial charge in [-0.15, -0.1) is 0 Å². The summed E-state index contributed by atoms with van der Waals surface area (Å²) in [4.78, 5) is 4.75. The monoisotopic (exact) mass is 312 g/mol. The first-order valence-electron chi connectivity index (χ1n) is 7.20. The summed E-state index contributed by atoms with van der Waals surface area (Å²) in [6.07, 6.45) is 0.753. The van der Waals surface area contributed by atoms with Crippen molar-refractivity contribution in [2.24, 2.45) is 5.14 Å². The maximum absolute atomic E-state index is 10.9. The molecule has 1 aliphatic heterocycles. The lowest BCUT2D eigenvalue weighted by Crippen LogP contribution is -2.47. The van der Waals surface area contributed by atoms with Gasteiger partial charge in [-0.1, -0.05) is 30.3 Å². The number of rotatable bonds is 6. The number of piperazine rings is 1. The van der Waals surface area contributed by atoms with Gasteiger partial charge < -0.3 is 4.90 Å². The van der Waals surface area contributed by atoms with Gasteiger partial charge in [-0.25, -0.2) is 9.86 Å². The summed E-state index contributed by atoms with van der Waals surface area (Å²) < 4.78 is 24.1. The molecule has 21 heavy (non-hydrogen) atoms. The fourth-order valence-electron chi connectivity index (χ4n) is 2.71. The van der Waals surface area contributed by atoms with Crippen LogP contribution in [0.1, 0.15) is 18.0 Å². The van der Waals surface area contributed by atoms with Gasteiger partial charge in [-0.3, -0.25) is 4.90 Å². The van der Waals surface area contributed by atoms with E-state index in [9.17, 15) is 8.42 Å². The van der Waals surface area contributed by atoms with E-state index in [2.05, 4.69) is 45.8 Å². The molecule has 1 unspecified atom stereocenters. The van der Waals surface area contributed by atoms with E-state index >= 15 is 0 Å². The van der Waals surface area contributed by atoms with Crippen molar-refractivity contribution in [1.82, 2.24) is 14.5 Å². The lowest BCUT2D eigenvalue weighted by molar-refractivity contribution is 0.0892. The van der Waals surface area contributed by atoms with Gasteiger partial charge in [0.15, 0.2) is 0 Å². The van der Waals surface area contributed by atoms with Gasteiger partial charge in [-0.05, 0) is 19.0 Å². The molecule has 0 bridgehead atoms. The van der Waals surface area contributed by atoms with E-state index in [1.54, 1.807) is 0 Å². The number of nitrogens with two attached hydrogens (primary N) is 1. The number of nitrogens with zero attached hydrogens (tertiary/aromatic N) is 2. The summed E-state index contributed by atoms with van der Waals surface area (Å²) in [7, 11) is -1.44. The Kier molecular flexibility index (Phi) is 5.72. The Labute approximate surface area is 127 Å². The molecule has 1 heterocycles. The van der Waals surface area contributed by atoms with Crippen LogP contribution in [-0.4, -0.2) is 58.0 Å². The van der Waals surface area contributed by atoms with Gasteiger partial charge >= 0.3 is 0 Å². The van der Waals surface area contributed by atoms with Crippen molar-refractivity contribution < 1.29 is 8.42 Å². The second-order valence-corrected chi connectivity index (χ2v) is 6.90. The molecule has 0 amide bonds. The normalized spacial score (nSPS) is 21.5. The van der Waals surface area contributed by atoms with Gasteiger partial charge in [0.2, 0.25) is 0 Å². The van der Waals surface area contributed by atoms with Gasteiger partial charge in [0.05, 0.1) is 0 Å². The molecule has 1 aromatic carbocycles. The molecule has 0 spiro atoms. The van der Waals surface area contributed by atoms with Gasteiger partial charge in [0.25, 0.3) is 10.2 Å². The van der Waals surface area contributed by atoms with E-state index in [1.165, 1.54) is 5.56 Å². The van der Waals surface area contributed by atoms with Crippen LogP contribution < -0.4 is 9.86 Å². The van der Waals surface area contributed by atoms with E-state index in [1.807, 2.05) is 6.07 Å². The second kappa shape index (κ2) is 7.33. The molecule has 6 nitrogen and oxygen atoms in total. The van der Waals surface area contributed by atoms with Crippen molar-refractivity contribution in [2.75, 3.05) is 39.8 Å². The first kappa shape index (κ1) is 16.4. The van der Waals surface area contributed by atoms with E-state index in [-0.39, 0.29) is 0 Å². The number of hydrogen-bond donors (Lipinski definition) is 2. The average Bonchev–Trinajstić information content (AvgIpc) is 2.45. The Bertz CT molecular complexity index is 535. The summed E-state index contributed by atoms with van der Waals surface area (Å²) in [5.74, 6) is 0. The second-order valence-electron chi connectivity index (χ2n) is 5.52. The van der Waals surface area contributed by atoms with Crippen LogP contribution in [-0.2, 0) is 10.2 Å². The molecule has 1 fully saturated rings. The zero-order chi connectivity index (χ0) is 15.3. The lowest BCUT2D eigenvalue weighted by Gasteiger charge is -2.40. The zero-order valence-electron chi connectivity index (χ0n) is 12.4. The predicted molar refractivity (Wildman–Crippen MR) is 84.0 cm³/mol. The molecule has 2 rings (SSSR count). The van der Waals surface area contributed by atoms with Crippen molar-refractivity contribution in [3.05, 3.63) is 35.9 Å². The Morgan fingerprint density at radius 1 is 1.29 bits per heavy atom. The minimum atomic E-state index is -3.58. The molecule has 3 N–H and O–H groups in total. The van der Waals surface area contributed by atoms with E-state index in [0.29, 0.717) is 12.6 Å². The molecular weight excluding hydrogens is 288 g/mol. The summed E-state index contributed by atoms with van der Waals surface area (Å²) in [6, 6.07) is 10.8. The molecule has 1 aliphatic rings. The number of nitrogens with one attached hydrogen (secondary N) is 1. The minimum Gasteiger partial charge on any atom is -0.303 e. The number of benzene rings is 1. The molecule has 0 radical (unpaired) electrons. The highest BCUT2D eigenvalue weighted by molar-refractivity contribution is 7.87. The Hall–Kier alpha value is -0.990. The highest BCUT2D eigenvalue weighted by Gasteiger charge is 2.25. The molecule has 1 saturated heterocycles. The Morgan fingerprint density at radius 2 is 2.00 bits per heavy atom. The van der Waals surface area contributed by atoms with Gasteiger partial charge in [0, 0.05) is 38.8 Å². The number of hydrogen-bond acceptors (Lipinski definition) is 4. The largest absolute Gasteiger partial charge is 0.303 e. The van der Waals surface area contributed by atoms with Crippen LogP contribution in [0.25, 0.3) is 0 Å². The van der Waals surface area contributed by atoms with Crippen molar-refractivity contribution in [3.8, 4) is 0 Å². The molecule has 7 heteroatoms. The Balaban J connectivity index is 1.93. The first-order chi connectivity index (χ1) is 9.96. The maximum atomic E-state index is 10.9. The molecule has 1 atom stereocenters. The van der Waals surface area contributed by atoms with Crippen LogP contribution in [0.5, 0.6) is 0 Å². The summed E-state index contributed by atoms with van der Waals surface area (Å²) in [6.45, 7) is 4.26. The third-order valence-corrected chi connectivity index (χ3v) is 4.41. The third kappa shape index (κ3) is 5.37. The maximum Gasteiger partial charge on any atom is 0.274 e. The molecule has 0 aromatic heterocycles. The number of likely N-dealkylation sites (N-methyl/N-ethyl adjacent to an activating group) is 1. The smallest absolute Gasteiger partial charge is 0.274 e. The molecule has 0 aliphatic carbocycles. The van der Waals surface area contributed by atoms with Crippen molar-refractivity contribution in [1.29, 1.82) is 0 Å². The van der Waals surface area contributed by atoms with Crippen molar-refractivity contribution >= 4 is 10.2 Å². The zero-order valence-corrected chi connectivity index (χ0v) is 13.2. The SMILES string of the molecule is CN1CCN(CCCNS(N)(=O)=O)C(c2ccccc2)C1. The lowest BCUT2D eigenvalue weighted by atomic mass is 10.0. The van der Waals surface area contributed by atoms with E-state index in [0.717, 1.165) is 32.6 Å². The highest BCUT2D eigenvalue weighted by atomic mass is 32.2. The quantitative estimate of drug-likeness (QED) is 0.733. The van der Waals surface area contributed by atoms with Crippen LogP contribution in [0, 0.1) is 0 Å². The van der Waals surface area contributed by atoms with Crippen molar-refractivity contribution in [3.63, 3.8) is 0 Å². The van der Waals surface area contributed by atoms with Gasteiger partial charge in [0.1, 0.15) is 0 Å². The summed E-state index contributed by atoms with van der Waals surface area (Å²) >= 11 is 0. The highest BCUT2D eigenvalue weighted by Crippen LogP contribution is 2.24. The van der Waals surface area contributed by atoms with E-state index in [4.69, 9.17) is 5.14 Å². The first-order valence-corrected chi connectivity index (χ1v) is 8.75. The van der Waals surface area contributed by atoms with Crippen LogP contribution >= 0.6 is 0 Å². The molecule has 1 aromatic rings. The molecule has 118 valence electrons. The summed E-state index contributed by atoms with van der Waals surface area (Å²) in [5, 5.41) is 4.93. The van der Waals surface area contributed by atoms with Crippen LogP contribution in [0.4, 0.5) is 0 Å². The van der Waals surface area contributed by atoms with Crippen LogP contribution in [0.3, 0.4) is 0 Å². The minimum absolute atomic E-state index is 0.361. The predicted octanol–water partition coefficient (Wildman–Crippen LogP) is 0.158. The summed E-state index contributed by atoms with van der Waals surface area (Å²) in [5.41, 5.74) is 1.31. The standard InChI is InChI=1S/C14H24N4O2S/c1-17-10-11-18(9-5-8-16-21(15,19)20)14(12-17)13-6-3-2-4-7-13/h2-4,6-7,14,16H,5,8-12H2,1H3,(H2,15,19,20). The topological polar surface area (TPSA) is 78.7 Å². The van der Waals surface area contributed by atoms with Gasteiger partial charge in [-0.2, -0.15) is 8.42 Å². The third-order valence-electron chi connectivity index (χ3n) is 3.80. The van der Waals surface area contributed by atoms with Crippen molar-refractivity contribution in [2.45, 2.75) is 12.5 Å². The van der Waals surface area contributed by atoms with Crippen LogP contribution in [0.2, 0.25) is 0 Å².